The van der Waals surface area contributed by atoms with Gasteiger partial charge in [-0.15, -0.1) is 0 Å². The van der Waals surface area contributed by atoms with Crippen molar-refractivity contribution in [1.82, 2.24) is 0 Å². The summed E-state index contributed by atoms with van der Waals surface area (Å²) in [7, 11) is 2.10. The van der Waals surface area contributed by atoms with Crippen molar-refractivity contribution in [2.24, 2.45) is 7.05 Å². The molecule has 0 bridgehead atoms. The van der Waals surface area contributed by atoms with Crippen molar-refractivity contribution in [3.8, 4) is 22.4 Å². The molecule has 1 heteroatoms. The molecule has 1 nitrogen and oxygen atoms in total. The maximum Gasteiger partial charge on any atom is 0.213 e. The van der Waals surface area contributed by atoms with Crippen molar-refractivity contribution in [3.63, 3.8) is 0 Å². The van der Waals surface area contributed by atoms with E-state index < -0.39 is 0 Å². The van der Waals surface area contributed by atoms with Gasteiger partial charge in [0.25, 0.3) is 0 Å². The van der Waals surface area contributed by atoms with Crippen LogP contribution in [0.4, 0.5) is 0 Å². The van der Waals surface area contributed by atoms with Crippen molar-refractivity contribution >= 4 is 0 Å². The lowest BCUT2D eigenvalue weighted by Crippen LogP contribution is -2.30. The highest BCUT2D eigenvalue weighted by Gasteiger charge is 2.17. The van der Waals surface area contributed by atoms with Crippen LogP contribution in [0.25, 0.3) is 22.4 Å². The van der Waals surface area contributed by atoms with E-state index in [0.717, 1.165) is 0 Å². The van der Waals surface area contributed by atoms with Gasteiger partial charge in [0.15, 0.2) is 6.20 Å². The van der Waals surface area contributed by atoms with Crippen molar-refractivity contribution in [2.75, 3.05) is 0 Å². The number of hydrogen-bond donors (Lipinski definition) is 0. The van der Waals surface area contributed by atoms with Gasteiger partial charge in [0.1, 0.15) is 7.05 Å². The smallest absolute Gasteiger partial charge is 0.201 e. The standard InChI is InChI=1S/C21H22N/c1-15-11-12-18(17(3)14-15)19-9-7-8-16(2)21(19)20-10-5-6-13-22(20)4/h5-14H,1-4H3/q+1. The molecule has 0 amide bonds. The Hall–Kier alpha value is -2.41. The summed E-state index contributed by atoms with van der Waals surface area (Å²) < 4.78 is 2.19. The van der Waals surface area contributed by atoms with Crippen molar-refractivity contribution in [1.29, 1.82) is 0 Å². The normalized spacial score (nSPS) is 10.7. The average Bonchev–Trinajstić information content (AvgIpc) is 2.48. The molecule has 1 heterocycles. The first-order valence-electron chi connectivity index (χ1n) is 7.70. The fourth-order valence-corrected chi connectivity index (χ4v) is 3.13. The van der Waals surface area contributed by atoms with E-state index in [9.17, 15) is 0 Å². The van der Waals surface area contributed by atoms with Crippen LogP contribution >= 0.6 is 0 Å². The molecule has 3 rings (SSSR count). The second kappa shape index (κ2) is 5.76. The van der Waals surface area contributed by atoms with Crippen LogP contribution in [0.5, 0.6) is 0 Å². The van der Waals surface area contributed by atoms with Gasteiger partial charge in [-0.1, -0.05) is 42.0 Å². The molecular weight excluding hydrogens is 266 g/mol. The zero-order valence-corrected chi connectivity index (χ0v) is 13.7. The summed E-state index contributed by atoms with van der Waals surface area (Å²) in [5.74, 6) is 0. The summed E-state index contributed by atoms with van der Waals surface area (Å²) in [6.45, 7) is 6.53. The minimum atomic E-state index is 1.25. The van der Waals surface area contributed by atoms with Crippen molar-refractivity contribution < 1.29 is 4.57 Å². The quantitative estimate of drug-likeness (QED) is 0.598. The number of rotatable bonds is 2. The SMILES string of the molecule is Cc1ccc(-c2cccc(C)c2-c2cccc[n+]2C)c(C)c1. The zero-order valence-electron chi connectivity index (χ0n) is 13.7. The second-order valence-corrected chi connectivity index (χ2v) is 6.01. The van der Waals surface area contributed by atoms with Gasteiger partial charge < -0.3 is 0 Å². The predicted octanol–water partition coefficient (Wildman–Crippen LogP) is 4.77. The summed E-state index contributed by atoms with van der Waals surface area (Å²) in [6, 6.07) is 19.6. The summed E-state index contributed by atoms with van der Waals surface area (Å²) in [5, 5.41) is 0. The first kappa shape index (κ1) is 14.5. The number of aromatic nitrogens is 1. The van der Waals surface area contributed by atoms with E-state index in [1.165, 1.54) is 39.1 Å². The average molecular weight is 288 g/mol. The Bertz CT molecular complexity index is 831. The Balaban J connectivity index is 2.30. The van der Waals surface area contributed by atoms with Crippen LogP contribution in [-0.4, -0.2) is 0 Å². The monoisotopic (exact) mass is 288 g/mol. The summed E-state index contributed by atoms with van der Waals surface area (Å²) >= 11 is 0. The van der Waals surface area contributed by atoms with E-state index in [1.54, 1.807) is 0 Å². The Morgan fingerprint density at radius 3 is 2.27 bits per heavy atom. The maximum absolute atomic E-state index is 2.26. The summed E-state index contributed by atoms with van der Waals surface area (Å²) in [5.41, 5.74) is 9.12. The third-order valence-electron chi connectivity index (χ3n) is 4.26. The molecule has 0 unspecified atom stereocenters. The fourth-order valence-electron chi connectivity index (χ4n) is 3.13. The molecule has 2 aromatic carbocycles. The van der Waals surface area contributed by atoms with Crippen LogP contribution in [-0.2, 0) is 7.05 Å². The van der Waals surface area contributed by atoms with Crippen LogP contribution in [0.1, 0.15) is 16.7 Å². The van der Waals surface area contributed by atoms with Gasteiger partial charge in [0.2, 0.25) is 5.69 Å². The van der Waals surface area contributed by atoms with Crippen LogP contribution in [0.2, 0.25) is 0 Å². The minimum absolute atomic E-state index is 1.25. The molecule has 3 aromatic rings. The molecule has 0 atom stereocenters. The number of benzene rings is 2. The summed E-state index contributed by atoms with van der Waals surface area (Å²) in [6.07, 6.45) is 2.10. The van der Waals surface area contributed by atoms with E-state index in [-0.39, 0.29) is 0 Å². The number of hydrogen-bond acceptors (Lipinski definition) is 0. The lowest BCUT2D eigenvalue weighted by molar-refractivity contribution is -0.660. The molecule has 0 aliphatic rings. The molecule has 0 fully saturated rings. The van der Waals surface area contributed by atoms with Gasteiger partial charge in [-0.05, 0) is 49.1 Å². The van der Waals surface area contributed by atoms with E-state index >= 15 is 0 Å². The molecule has 0 aliphatic carbocycles. The fraction of sp³-hybridized carbons (Fsp3) is 0.190. The Labute approximate surface area is 132 Å². The van der Waals surface area contributed by atoms with Gasteiger partial charge in [-0.3, -0.25) is 0 Å². The molecule has 22 heavy (non-hydrogen) atoms. The molecular formula is C21H22N+. The largest absolute Gasteiger partial charge is 0.213 e. The van der Waals surface area contributed by atoms with Crippen LogP contribution in [0.15, 0.2) is 60.8 Å². The van der Waals surface area contributed by atoms with Crippen molar-refractivity contribution in [2.45, 2.75) is 20.8 Å². The lowest BCUT2D eigenvalue weighted by atomic mass is 9.90. The molecule has 0 spiro atoms. The highest BCUT2D eigenvalue weighted by molar-refractivity contribution is 5.84. The maximum atomic E-state index is 2.26. The van der Waals surface area contributed by atoms with E-state index in [0.29, 0.717) is 0 Å². The number of pyridine rings is 1. The molecule has 0 saturated carbocycles. The molecule has 110 valence electrons. The van der Waals surface area contributed by atoms with Gasteiger partial charge in [0, 0.05) is 12.1 Å². The predicted molar refractivity (Wildman–Crippen MR) is 92.7 cm³/mol. The second-order valence-electron chi connectivity index (χ2n) is 6.01. The molecule has 1 aromatic heterocycles. The minimum Gasteiger partial charge on any atom is -0.201 e. The van der Waals surface area contributed by atoms with Gasteiger partial charge in [-0.25, -0.2) is 4.57 Å². The van der Waals surface area contributed by atoms with Gasteiger partial charge in [-0.2, -0.15) is 0 Å². The Morgan fingerprint density at radius 1 is 0.727 bits per heavy atom. The molecule has 0 N–H and O–H groups in total. The molecule has 0 saturated heterocycles. The number of nitrogens with zero attached hydrogens (tertiary/aromatic N) is 1. The zero-order chi connectivity index (χ0) is 15.7. The molecule has 0 radical (unpaired) electrons. The topological polar surface area (TPSA) is 3.88 Å². The van der Waals surface area contributed by atoms with E-state index in [2.05, 4.69) is 93.2 Å². The van der Waals surface area contributed by atoms with Crippen LogP contribution in [0, 0.1) is 20.8 Å². The summed E-state index contributed by atoms with van der Waals surface area (Å²) in [4.78, 5) is 0. The van der Waals surface area contributed by atoms with Crippen LogP contribution < -0.4 is 4.57 Å². The molecule has 0 aliphatic heterocycles. The van der Waals surface area contributed by atoms with Crippen LogP contribution in [0.3, 0.4) is 0 Å². The Morgan fingerprint density at radius 2 is 1.55 bits per heavy atom. The van der Waals surface area contributed by atoms with E-state index in [1.807, 2.05) is 0 Å². The first-order chi connectivity index (χ1) is 10.6. The number of aryl methyl sites for hydroxylation is 4. The third-order valence-corrected chi connectivity index (χ3v) is 4.26. The Kier molecular flexibility index (Phi) is 3.81. The van der Waals surface area contributed by atoms with Gasteiger partial charge >= 0.3 is 0 Å². The third kappa shape index (κ3) is 2.55. The highest BCUT2D eigenvalue weighted by Crippen LogP contribution is 2.34. The highest BCUT2D eigenvalue weighted by atomic mass is 14.9. The first-order valence-corrected chi connectivity index (χ1v) is 7.70. The van der Waals surface area contributed by atoms with E-state index in [4.69, 9.17) is 0 Å². The lowest BCUT2D eigenvalue weighted by Gasteiger charge is -2.14. The van der Waals surface area contributed by atoms with Crippen molar-refractivity contribution in [3.05, 3.63) is 77.5 Å². The van der Waals surface area contributed by atoms with Gasteiger partial charge in [0.05, 0.1) is 5.56 Å².